The van der Waals surface area contributed by atoms with Crippen molar-refractivity contribution in [3.8, 4) is 22.8 Å². The summed E-state index contributed by atoms with van der Waals surface area (Å²) in [5.74, 6) is 1.21. The molecule has 0 atom stereocenters. The Labute approximate surface area is 170 Å². The first kappa shape index (κ1) is 19.4. The predicted molar refractivity (Wildman–Crippen MR) is 112 cm³/mol. The van der Waals surface area contributed by atoms with E-state index < -0.39 is 0 Å². The maximum absolute atomic E-state index is 12.3. The van der Waals surface area contributed by atoms with Crippen LogP contribution in [0.2, 0.25) is 0 Å². The van der Waals surface area contributed by atoms with Crippen molar-refractivity contribution in [3.63, 3.8) is 0 Å². The van der Waals surface area contributed by atoms with Crippen LogP contribution in [0.3, 0.4) is 0 Å². The Morgan fingerprint density at radius 3 is 2.56 bits per heavy atom. The van der Waals surface area contributed by atoms with E-state index in [0.717, 1.165) is 21.3 Å². The number of carbonyl (C=O) groups is 1. The van der Waals surface area contributed by atoms with Gasteiger partial charge in [-0.1, -0.05) is 46.3 Å². The van der Waals surface area contributed by atoms with Crippen LogP contribution in [0.25, 0.3) is 11.3 Å². The number of amides is 1. The number of methoxy groups -OCH3 is 2. The molecule has 7 heteroatoms. The van der Waals surface area contributed by atoms with Gasteiger partial charge in [0, 0.05) is 21.8 Å². The van der Waals surface area contributed by atoms with Gasteiger partial charge in [0.2, 0.25) is 5.91 Å². The highest BCUT2D eigenvalue weighted by Gasteiger charge is 2.12. The van der Waals surface area contributed by atoms with Crippen molar-refractivity contribution in [2.24, 2.45) is 0 Å². The zero-order valence-electron chi connectivity index (χ0n) is 15.0. The van der Waals surface area contributed by atoms with E-state index in [0.29, 0.717) is 29.5 Å². The van der Waals surface area contributed by atoms with E-state index in [1.807, 2.05) is 47.8 Å². The molecule has 0 radical (unpaired) electrons. The number of aromatic nitrogens is 1. The molecule has 2 aromatic carbocycles. The smallest absolute Gasteiger partial charge is 0.226 e. The summed E-state index contributed by atoms with van der Waals surface area (Å²) >= 11 is 4.94. The van der Waals surface area contributed by atoms with Crippen LogP contribution in [-0.4, -0.2) is 25.1 Å². The van der Waals surface area contributed by atoms with Crippen molar-refractivity contribution < 1.29 is 14.3 Å². The molecule has 0 saturated carbocycles. The zero-order chi connectivity index (χ0) is 19.2. The number of rotatable bonds is 7. The largest absolute Gasteiger partial charge is 0.493 e. The fourth-order valence-corrected chi connectivity index (χ4v) is 3.85. The van der Waals surface area contributed by atoms with Gasteiger partial charge in [0.1, 0.15) is 0 Å². The SMILES string of the molecule is COc1cc(Br)c(CCC(=O)Nc2nc(-c3ccccc3)cs2)cc1OC. The number of anilines is 1. The fourth-order valence-electron chi connectivity index (χ4n) is 2.59. The van der Waals surface area contributed by atoms with Gasteiger partial charge in [-0.05, 0) is 24.1 Å². The number of carbonyl (C=O) groups excluding carboxylic acids is 1. The minimum atomic E-state index is -0.0781. The number of halogens is 1. The molecule has 3 aromatic rings. The van der Waals surface area contributed by atoms with Gasteiger partial charge in [0.15, 0.2) is 16.6 Å². The number of nitrogens with one attached hydrogen (secondary N) is 1. The number of hydrogen-bond acceptors (Lipinski definition) is 5. The van der Waals surface area contributed by atoms with Gasteiger partial charge in [-0.15, -0.1) is 11.3 Å². The average Bonchev–Trinajstić information content (AvgIpc) is 3.15. The first-order valence-electron chi connectivity index (χ1n) is 8.32. The zero-order valence-corrected chi connectivity index (χ0v) is 17.4. The second kappa shape index (κ2) is 9.01. The van der Waals surface area contributed by atoms with Crippen molar-refractivity contribution in [2.45, 2.75) is 12.8 Å². The molecule has 0 unspecified atom stereocenters. The lowest BCUT2D eigenvalue weighted by Gasteiger charge is -2.11. The Bertz CT molecular complexity index is 928. The standard InChI is InChI=1S/C20H19BrN2O3S/c1-25-17-10-14(15(21)11-18(17)26-2)8-9-19(24)23-20-22-16(12-27-20)13-6-4-3-5-7-13/h3-7,10-12H,8-9H2,1-2H3,(H,22,23,24). The second-order valence-electron chi connectivity index (χ2n) is 5.75. The lowest BCUT2D eigenvalue weighted by molar-refractivity contribution is -0.116. The van der Waals surface area contributed by atoms with Crippen LogP contribution in [-0.2, 0) is 11.2 Å². The van der Waals surface area contributed by atoms with E-state index in [1.54, 1.807) is 14.2 Å². The van der Waals surface area contributed by atoms with Gasteiger partial charge in [-0.3, -0.25) is 4.79 Å². The maximum atomic E-state index is 12.3. The summed E-state index contributed by atoms with van der Waals surface area (Å²) in [4.78, 5) is 16.8. The molecular formula is C20H19BrN2O3S. The Hall–Kier alpha value is -2.38. The van der Waals surface area contributed by atoms with E-state index in [4.69, 9.17) is 9.47 Å². The highest BCUT2D eigenvalue weighted by molar-refractivity contribution is 9.10. The van der Waals surface area contributed by atoms with Crippen LogP contribution in [0.5, 0.6) is 11.5 Å². The van der Waals surface area contributed by atoms with Crippen molar-refractivity contribution in [1.29, 1.82) is 0 Å². The summed E-state index contributed by atoms with van der Waals surface area (Å²) in [5, 5.41) is 5.41. The molecule has 0 aliphatic carbocycles. The molecule has 1 heterocycles. The molecule has 27 heavy (non-hydrogen) atoms. The topological polar surface area (TPSA) is 60.5 Å². The molecule has 0 saturated heterocycles. The predicted octanol–water partition coefficient (Wildman–Crippen LogP) is 5.16. The number of ether oxygens (including phenoxy) is 2. The van der Waals surface area contributed by atoms with E-state index in [-0.39, 0.29) is 5.91 Å². The van der Waals surface area contributed by atoms with Crippen LogP contribution >= 0.6 is 27.3 Å². The molecule has 0 aliphatic heterocycles. The third-order valence-electron chi connectivity index (χ3n) is 3.99. The Balaban J connectivity index is 1.61. The van der Waals surface area contributed by atoms with Crippen molar-refractivity contribution >= 4 is 38.3 Å². The molecule has 1 N–H and O–H groups in total. The maximum Gasteiger partial charge on any atom is 0.226 e. The van der Waals surface area contributed by atoms with E-state index in [1.165, 1.54) is 11.3 Å². The summed E-state index contributed by atoms with van der Waals surface area (Å²) in [5.41, 5.74) is 2.87. The van der Waals surface area contributed by atoms with Crippen molar-refractivity contribution in [2.75, 3.05) is 19.5 Å². The second-order valence-corrected chi connectivity index (χ2v) is 7.46. The van der Waals surface area contributed by atoms with E-state index in [2.05, 4.69) is 26.2 Å². The van der Waals surface area contributed by atoms with Gasteiger partial charge in [0.05, 0.1) is 19.9 Å². The quantitative estimate of drug-likeness (QED) is 0.544. The molecule has 0 aliphatic rings. The lowest BCUT2D eigenvalue weighted by atomic mass is 10.1. The van der Waals surface area contributed by atoms with Gasteiger partial charge in [-0.25, -0.2) is 4.98 Å². The number of aryl methyl sites for hydroxylation is 1. The molecule has 0 bridgehead atoms. The molecular weight excluding hydrogens is 428 g/mol. The molecule has 3 rings (SSSR count). The molecule has 1 amide bonds. The first-order valence-corrected chi connectivity index (χ1v) is 9.99. The van der Waals surface area contributed by atoms with Crippen molar-refractivity contribution in [1.82, 2.24) is 4.98 Å². The van der Waals surface area contributed by atoms with Crippen molar-refractivity contribution in [3.05, 3.63) is 57.9 Å². The van der Waals surface area contributed by atoms with Crippen LogP contribution in [0.4, 0.5) is 5.13 Å². The van der Waals surface area contributed by atoms with Crippen LogP contribution in [0.15, 0.2) is 52.3 Å². The van der Waals surface area contributed by atoms with Crippen LogP contribution in [0.1, 0.15) is 12.0 Å². The van der Waals surface area contributed by atoms with Gasteiger partial charge < -0.3 is 14.8 Å². The third kappa shape index (κ3) is 4.87. The molecule has 5 nitrogen and oxygen atoms in total. The highest BCUT2D eigenvalue weighted by atomic mass is 79.9. The van der Waals surface area contributed by atoms with E-state index in [9.17, 15) is 4.79 Å². The number of thiazole rings is 1. The lowest BCUT2D eigenvalue weighted by Crippen LogP contribution is -2.12. The number of nitrogens with zero attached hydrogens (tertiary/aromatic N) is 1. The third-order valence-corrected chi connectivity index (χ3v) is 5.49. The Morgan fingerprint density at radius 2 is 1.85 bits per heavy atom. The summed E-state index contributed by atoms with van der Waals surface area (Å²) in [6.45, 7) is 0. The molecule has 0 fully saturated rings. The molecule has 1 aromatic heterocycles. The minimum Gasteiger partial charge on any atom is -0.493 e. The summed E-state index contributed by atoms with van der Waals surface area (Å²) in [6.07, 6.45) is 0.915. The number of benzene rings is 2. The summed E-state index contributed by atoms with van der Waals surface area (Å²) < 4.78 is 11.5. The van der Waals surface area contributed by atoms with Gasteiger partial charge >= 0.3 is 0 Å². The minimum absolute atomic E-state index is 0.0781. The molecule has 0 spiro atoms. The van der Waals surface area contributed by atoms with Crippen LogP contribution < -0.4 is 14.8 Å². The van der Waals surface area contributed by atoms with Crippen LogP contribution in [0, 0.1) is 0 Å². The monoisotopic (exact) mass is 446 g/mol. The summed E-state index contributed by atoms with van der Waals surface area (Å²) in [6, 6.07) is 13.6. The van der Waals surface area contributed by atoms with Gasteiger partial charge in [0.25, 0.3) is 0 Å². The number of hydrogen-bond donors (Lipinski definition) is 1. The average molecular weight is 447 g/mol. The normalized spacial score (nSPS) is 10.5. The first-order chi connectivity index (χ1) is 13.1. The Morgan fingerprint density at radius 1 is 1.15 bits per heavy atom. The summed E-state index contributed by atoms with van der Waals surface area (Å²) in [7, 11) is 3.18. The van der Waals surface area contributed by atoms with E-state index >= 15 is 0 Å². The fraction of sp³-hybridized carbons (Fsp3) is 0.200. The Kier molecular flexibility index (Phi) is 6.47. The molecule has 140 valence electrons. The van der Waals surface area contributed by atoms with Gasteiger partial charge in [-0.2, -0.15) is 0 Å². The highest BCUT2D eigenvalue weighted by Crippen LogP contribution is 2.34.